The Hall–Kier alpha value is -1.90. The summed E-state index contributed by atoms with van der Waals surface area (Å²) < 4.78 is 4.89. The van der Waals surface area contributed by atoms with Crippen LogP contribution in [0.2, 0.25) is 0 Å². The molecule has 3 heteroatoms. The van der Waals surface area contributed by atoms with Crippen LogP contribution in [-0.4, -0.2) is 18.4 Å². The minimum Gasteiger partial charge on any atom is -0.461 e. The summed E-state index contributed by atoms with van der Waals surface area (Å²) in [5.74, 6) is -1.58. The summed E-state index contributed by atoms with van der Waals surface area (Å²) in [6.45, 7) is 4.95. The van der Waals surface area contributed by atoms with Crippen molar-refractivity contribution in [3.05, 3.63) is 48.6 Å². The third kappa shape index (κ3) is 3.05. The zero-order valence-electron chi connectivity index (χ0n) is 9.18. The topological polar surface area (TPSA) is 43.4 Å². The molecular formula is C13H14O3. The summed E-state index contributed by atoms with van der Waals surface area (Å²) in [5.41, 5.74) is 0.657. The van der Waals surface area contributed by atoms with Crippen molar-refractivity contribution in [2.24, 2.45) is 0 Å². The number of carbonyl (C=O) groups excluding carboxylic acids is 2. The highest BCUT2D eigenvalue weighted by atomic mass is 16.5. The van der Waals surface area contributed by atoms with Gasteiger partial charge in [-0.2, -0.15) is 0 Å². The van der Waals surface area contributed by atoms with Crippen LogP contribution in [-0.2, 0) is 14.3 Å². The van der Waals surface area contributed by atoms with Gasteiger partial charge < -0.3 is 4.74 Å². The third-order valence-corrected chi connectivity index (χ3v) is 2.12. The van der Waals surface area contributed by atoms with Gasteiger partial charge in [-0.1, -0.05) is 43.0 Å². The monoisotopic (exact) mass is 218 g/mol. The van der Waals surface area contributed by atoms with Gasteiger partial charge in [-0.25, -0.2) is 0 Å². The minimum atomic E-state index is -0.832. The summed E-state index contributed by atoms with van der Waals surface area (Å²) >= 11 is 0. The number of hydrogen-bond acceptors (Lipinski definition) is 3. The molecule has 0 bridgehead atoms. The van der Waals surface area contributed by atoms with Gasteiger partial charge in [0.05, 0.1) is 0 Å². The van der Waals surface area contributed by atoms with Crippen molar-refractivity contribution >= 4 is 11.8 Å². The number of Topliss-reactive ketones (excluding diaryl/α,β-unsaturated/α-hetero) is 1. The Labute approximate surface area is 94.7 Å². The molecule has 0 aromatic heterocycles. The summed E-state index contributed by atoms with van der Waals surface area (Å²) in [7, 11) is 0. The SMILES string of the molecule is C=CCOC(=O)C(C(C)=O)c1ccccc1. The molecule has 0 aliphatic carbocycles. The normalized spacial score (nSPS) is 11.6. The number of benzene rings is 1. The van der Waals surface area contributed by atoms with E-state index >= 15 is 0 Å². The number of rotatable bonds is 5. The maximum Gasteiger partial charge on any atom is 0.321 e. The number of ketones is 1. The quantitative estimate of drug-likeness (QED) is 0.432. The fourth-order valence-corrected chi connectivity index (χ4v) is 1.41. The van der Waals surface area contributed by atoms with Gasteiger partial charge in [0.2, 0.25) is 0 Å². The van der Waals surface area contributed by atoms with Crippen LogP contribution >= 0.6 is 0 Å². The highest BCUT2D eigenvalue weighted by Gasteiger charge is 2.26. The Kier molecular flexibility index (Phi) is 4.45. The van der Waals surface area contributed by atoms with E-state index < -0.39 is 11.9 Å². The van der Waals surface area contributed by atoms with Crippen molar-refractivity contribution in [1.29, 1.82) is 0 Å². The zero-order chi connectivity index (χ0) is 12.0. The smallest absolute Gasteiger partial charge is 0.321 e. The van der Waals surface area contributed by atoms with Gasteiger partial charge >= 0.3 is 5.97 Å². The molecule has 0 spiro atoms. The largest absolute Gasteiger partial charge is 0.461 e. The van der Waals surface area contributed by atoms with Crippen LogP contribution in [0.1, 0.15) is 18.4 Å². The van der Waals surface area contributed by atoms with Crippen LogP contribution in [0.25, 0.3) is 0 Å². The van der Waals surface area contributed by atoms with E-state index in [4.69, 9.17) is 4.74 Å². The van der Waals surface area contributed by atoms with Crippen LogP contribution in [0, 0.1) is 0 Å². The third-order valence-electron chi connectivity index (χ3n) is 2.12. The molecule has 1 aromatic carbocycles. The first kappa shape index (κ1) is 12.2. The second kappa shape index (κ2) is 5.85. The lowest BCUT2D eigenvalue weighted by molar-refractivity contribution is -0.146. The van der Waals surface area contributed by atoms with E-state index in [1.54, 1.807) is 24.3 Å². The molecule has 0 aliphatic heterocycles. The van der Waals surface area contributed by atoms with Crippen LogP contribution in [0.15, 0.2) is 43.0 Å². The molecule has 1 atom stereocenters. The fraction of sp³-hybridized carbons (Fsp3) is 0.231. The van der Waals surface area contributed by atoms with E-state index in [-0.39, 0.29) is 12.4 Å². The highest BCUT2D eigenvalue weighted by Crippen LogP contribution is 2.18. The lowest BCUT2D eigenvalue weighted by Crippen LogP contribution is -2.22. The van der Waals surface area contributed by atoms with Gasteiger partial charge in [0.15, 0.2) is 0 Å². The molecule has 0 N–H and O–H groups in total. The summed E-state index contributed by atoms with van der Waals surface area (Å²) in [5, 5.41) is 0. The molecule has 1 unspecified atom stereocenters. The number of esters is 1. The van der Waals surface area contributed by atoms with Crippen molar-refractivity contribution in [3.63, 3.8) is 0 Å². The van der Waals surface area contributed by atoms with Gasteiger partial charge in [0.1, 0.15) is 18.3 Å². The van der Waals surface area contributed by atoms with Crippen LogP contribution in [0.5, 0.6) is 0 Å². The van der Waals surface area contributed by atoms with E-state index in [0.29, 0.717) is 5.56 Å². The van der Waals surface area contributed by atoms with E-state index in [2.05, 4.69) is 6.58 Å². The number of ether oxygens (including phenoxy) is 1. The Morgan fingerprint density at radius 1 is 1.38 bits per heavy atom. The predicted octanol–water partition coefficient (Wildman–Crippen LogP) is 2.09. The molecular weight excluding hydrogens is 204 g/mol. The fourth-order valence-electron chi connectivity index (χ4n) is 1.41. The maximum atomic E-state index is 11.7. The molecule has 0 aliphatic rings. The van der Waals surface area contributed by atoms with Crippen molar-refractivity contribution in [1.82, 2.24) is 0 Å². The minimum absolute atomic E-state index is 0.120. The van der Waals surface area contributed by atoms with Gasteiger partial charge in [-0.05, 0) is 12.5 Å². The van der Waals surface area contributed by atoms with Gasteiger partial charge in [-0.3, -0.25) is 9.59 Å². The van der Waals surface area contributed by atoms with Crippen LogP contribution in [0.3, 0.4) is 0 Å². The number of carbonyl (C=O) groups is 2. The average Bonchev–Trinajstić information content (AvgIpc) is 2.27. The molecule has 3 nitrogen and oxygen atoms in total. The van der Waals surface area contributed by atoms with E-state index in [9.17, 15) is 9.59 Å². The van der Waals surface area contributed by atoms with Crippen molar-refractivity contribution in [3.8, 4) is 0 Å². The van der Waals surface area contributed by atoms with Crippen molar-refractivity contribution < 1.29 is 14.3 Å². The van der Waals surface area contributed by atoms with Crippen molar-refractivity contribution in [2.45, 2.75) is 12.8 Å². The lowest BCUT2D eigenvalue weighted by Gasteiger charge is -2.12. The summed E-state index contributed by atoms with van der Waals surface area (Å²) in [6, 6.07) is 8.87. The molecule has 0 saturated carbocycles. The Morgan fingerprint density at radius 2 is 2.00 bits per heavy atom. The maximum absolute atomic E-state index is 11.7. The van der Waals surface area contributed by atoms with Gasteiger partial charge in [-0.15, -0.1) is 0 Å². The summed E-state index contributed by atoms with van der Waals surface area (Å²) in [6.07, 6.45) is 1.47. The predicted molar refractivity (Wildman–Crippen MR) is 61.0 cm³/mol. The zero-order valence-corrected chi connectivity index (χ0v) is 9.18. The molecule has 0 saturated heterocycles. The van der Waals surface area contributed by atoms with E-state index in [1.165, 1.54) is 13.0 Å². The second-order valence-corrected chi connectivity index (χ2v) is 3.37. The van der Waals surface area contributed by atoms with Gasteiger partial charge in [0, 0.05) is 0 Å². The molecule has 0 amide bonds. The van der Waals surface area contributed by atoms with Crippen molar-refractivity contribution in [2.75, 3.05) is 6.61 Å². The Bertz CT molecular complexity index is 381. The molecule has 0 heterocycles. The lowest BCUT2D eigenvalue weighted by atomic mass is 9.96. The number of hydrogen-bond donors (Lipinski definition) is 0. The molecule has 1 rings (SSSR count). The molecule has 16 heavy (non-hydrogen) atoms. The van der Waals surface area contributed by atoms with Crippen LogP contribution < -0.4 is 0 Å². The Balaban J connectivity index is 2.88. The second-order valence-electron chi connectivity index (χ2n) is 3.37. The summed E-state index contributed by atoms with van der Waals surface area (Å²) in [4.78, 5) is 23.1. The standard InChI is InChI=1S/C13H14O3/c1-3-9-16-13(15)12(10(2)14)11-7-5-4-6-8-11/h3-8,12H,1,9H2,2H3. The van der Waals surface area contributed by atoms with Gasteiger partial charge in [0.25, 0.3) is 0 Å². The molecule has 84 valence electrons. The highest BCUT2D eigenvalue weighted by molar-refractivity contribution is 6.03. The van der Waals surface area contributed by atoms with E-state index in [0.717, 1.165) is 0 Å². The Morgan fingerprint density at radius 3 is 2.50 bits per heavy atom. The molecule has 1 aromatic rings. The molecule has 0 radical (unpaired) electrons. The first-order valence-electron chi connectivity index (χ1n) is 4.99. The van der Waals surface area contributed by atoms with E-state index in [1.807, 2.05) is 6.07 Å². The first-order chi connectivity index (χ1) is 7.66. The first-order valence-corrected chi connectivity index (χ1v) is 4.99. The van der Waals surface area contributed by atoms with Crippen LogP contribution in [0.4, 0.5) is 0 Å². The average molecular weight is 218 g/mol. The molecule has 0 fully saturated rings.